The fraction of sp³-hybridized carbons (Fsp3) is 0.474. The molecule has 0 aromatic heterocycles. The third kappa shape index (κ3) is 6.46. The van der Waals surface area contributed by atoms with Gasteiger partial charge in [0.15, 0.2) is 0 Å². The van der Waals surface area contributed by atoms with Gasteiger partial charge >= 0.3 is 6.09 Å². The standard InChI is InChI=1S/C19H26N2O3S/c1-5-17(22)20-14-6-8-15(9-7-14)25-16-10-12-21(13-11-16)18(23)24-19(2,3)4/h5-9,16H,1,10-13H2,2-4H3,(H,20,22). The van der Waals surface area contributed by atoms with E-state index in [2.05, 4.69) is 11.9 Å². The van der Waals surface area contributed by atoms with Crippen LogP contribution in [0, 0.1) is 0 Å². The third-order valence-corrected chi connectivity index (χ3v) is 5.05. The van der Waals surface area contributed by atoms with Crippen LogP contribution in [0.3, 0.4) is 0 Å². The Kier molecular flexibility index (Phi) is 6.53. The van der Waals surface area contributed by atoms with Gasteiger partial charge in [0, 0.05) is 28.9 Å². The van der Waals surface area contributed by atoms with Gasteiger partial charge in [0.1, 0.15) is 5.60 Å². The van der Waals surface area contributed by atoms with Gasteiger partial charge in [-0.2, -0.15) is 0 Å². The van der Waals surface area contributed by atoms with Gasteiger partial charge in [0.05, 0.1) is 0 Å². The van der Waals surface area contributed by atoms with Crippen LogP contribution in [0.4, 0.5) is 10.5 Å². The smallest absolute Gasteiger partial charge is 0.410 e. The van der Waals surface area contributed by atoms with Crippen LogP contribution in [-0.4, -0.2) is 40.8 Å². The molecule has 2 amide bonds. The summed E-state index contributed by atoms with van der Waals surface area (Å²) in [6.07, 6.45) is 2.91. The van der Waals surface area contributed by atoms with Crippen molar-refractivity contribution in [3.63, 3.8) is 0 Å². The molecule has 25 heavy (non-hydrogen) atoms. The molecule has 1 aliphatic rings. The van der Waals surface area contributed by atoms with E-state index < -0.39 is 5.60 Å². The first-order chi connectivity index (χ1) is 11.8. The molecule has 1 aromatic rings. The lowest BCUT2D eigenvalue weighted by molar-refractivity contribution is -0.111. The molecule has 1 fully saturated rings. The van der Waals surface area contributed by atoms with Crippen molar-refractivity contribution in [2.24, 2.45) is 0 Å². The Morgan fingerprint density at radius 3 is 2.36 bits per heavy atom. The van der Waals surface area contributed by atoms with E-state index >= 15 is 0 Å². The number of nitrogens with one attached hydrogen (secondary N) is 1. The van der Waals surface area contributed by atoms with Gasteiger partial charge in [0.2, 0.25) is 5.91 Å². The summed E-state index contributed by atoms with van der Waals surface area (Å²) in [5.41, 5.74) is 0.305. The van der Waals surface area contributed by atoms with Crippen molar-refractivity contribution < 1.29 is 14.3 Å². The summed E-state index contributed by atoms with van der Waals surface area (Å²) in [6.45, 7) is 10.5. The minimum Gasteiger partial charge on any atom is -0.444 e. The van der Waals surface area contributed by atoms with E-state index in [0.29, 0.717) is 5.25 Å². The van der Waals surface area contributed by atoms with Crippen molar-refractivity contribution >= 4 is 29.4 Å². The van der Waals surface area contributed by atoms with Crippen molar-refractivity contribution in [1.82, 2.24) is 4.90 Å². The van der Waals surface area contributed by atoms with Crippen LogP contribution in [0.5, 0.6) is 0 Å². The lowest BCUT2D eigenvalue weighted by Gasteiger charge is -2.33. The van der Waals surface area contributed by atoms with Gasteiger partial charge in [-0.25, -0.2) is 4.79 Å². The molecule has 0 bridgehead atoms. The average Bonchev–Trinajstić information content (AvgIpc) is 2.55. The fourth-order valence-electron chi connectivity index (χ4n) is 2.49. The molecule has 2 rings (SSSR count). The maximum absolute atomic E-state index is 12.1. The predicted molar refractivity (Wildman–Crippen MR) is 102 cm³/mol. The minimum atomic E-state index is -0.453. The number of thioether (sulfide) groups is 1. The zero-order valence-corrected chi connectivity index (χ0v) is 15.9. The summed E-state index contributed by atoms with van der Waals surface area (Å²) < 4.78 is 5.42. The Bertz CT molecular complexity index is 615. The number of piperidine rings is 1. The molecular formula is C19H26N2O3S. The van der Waals surface area contributed by atoms with E-state index in [0.717, 1.165) is 36.5 Å². The highest BCUT2D eigenvalue weighted by Gasteiger charge is 2.27. The van der Waals surface area contributed by atoms with Crippen LogP contribution in [0.25, 0.3) is 0 Å². The Labute approximate surface area is 153 Å². The number of benzene rings is 1. The Morgan fingerprint density at radius 1 is 1.24 bits per heavy atom. The molecule has 0 radical (unpaired) electrons. The summed E-state index contributed by atoms with van der Waals surface area (Å²) in [5, 5.41) is 3.21. The lowest BCUT2D eigenvalue weighted by atomic mass is 10.1. The second-order valence-electron chi connectivity index (χ2n) is 7.00. The van der Waals surface area contributed by atoms with E-state index in [1.807, 2.05) is 56.8 Å². The largest absolute Gasteiger partial charge is 0.444 e. The SMILES string of the molecule is C=CC(=O)Nc1ccc(SC2CCN(C(=O)OC(C)(C)C)CC2)cc1. The Morgan fingerprint density at radius 2 is 1.84 bits per heavy atom. The van der Waals surface area contributed by atoms with Crippen LogP contribution >= 0.6 is 11.8 Å². The molecule has 0 spiro atoms. The van der Waals surface area contributed by atoms with Crippen molar-refractivity contribution in [2.75, 3.05) is 18.4 Å². The molecule has 0 unspecified atom stereocenters. The van der Waals surface area contributed by atoms with Crippen molar-refractivity contribution in [3.8, 4) is 0 Å². The number of anilines is 1. The molecule has 1 aromatic carbocycles. The topological polar surface area (TPSA) is 58.6 Å². The highest BCUT2D eigenvalue weighted by atomic mass is 32.2. The quantitative estimate of drug-likeness (QED) is 0.811. The van der Waals surface area contributed by atoms with E-state index in [-0.39, 0.29) is 12.0 Å². The molecule has 1 saturated heterocycles. The first kappa shape index (κ1) is 19.4. The Balaban J connectivity index is 1.81. The van der Waals surface area contributed by atoms with E-state index in [1.54, 1.807) is 4.90 Å². The maximum Gasteiger partial charge on any atom is 0.410 e. The predicted octanol–water partition coefficient (Wildman–Crippen LogP) is 4.30. The van der Waals surface area contributed by atoms with Gasteiger partial charge in [-0.15, -0.1) is 11.8 Å². The minimum absolute atomic E-state index is 0.213. The van der Waals surface area contributed by atoms with Gasteiger partial charge in [-0.3, -0.25) is 4.79 Å². The first-order valence-corrected chi connectivity index (χ1v) is 9.33. The second-order valence-corrected chi connectivity index (χ2v) is 8.38. The zero-order chi connectivity index (χ0) is 18.4. The number of hydrogen-bond donors (Lipinski definition) is 1. The number of likely N-dealkylation sites (tertiary alicyclic amines) is 1. The monoisotopic (exact) mass is 362 g/mol. The van der Waals surface area contributed by atoms with Crippen molar-refractivity contribution in [2.45, 2.75) is 49.4 Å². The summed E-state index contributed by atoms with van der Waals surface area (Å²) in [5.74, 6) is -0.213. The summed E-state index contributed by atoms with van der Waals surface area (Å²) in [6, 6.07) is 7.78. The van der Waals surface area contributed by atoms with Crippen LogP contribution in [-0.2, 0) is 9.53 Å². The molecule has 1 aliphatic heterocycles. The number of hydrogen-bond acceptors (Lipinski definition) is 4. The molecule has 136 valence electrons. The summed E-state index contributed by atoms with van der Waals surface area (Å²) in [4.78, 5) is 26.3. The maximum atomic E-state index is 12.1. The zero-order valence-electron chi connectivity index (χ0n) is 15.1. The number of carbonyl (C=O) groups excluding carboxylic acids is 2. The molecule has 0 aliphatic carbocycles. The summed E-state index contributed by atoms with van der Waals surface area (Å²) >= 11 is 1.81. The number of ether oxygens (including phenoxy) is 1. The van der Waals surface area contributed by atoms with Crippen LogP contribution in [0.15, 0.2) is 41.8 Å². The number of nitrogens with zero attached hydrogens (tertiary/aromatic N) is 1. The molecule has 6 heteroatoms. The third-order valence-electron chi connectivity index (χ3n) is 3.70. The van der Waals surface area contributed by atoms with E-state index in [1.165, 1.54) is 6.08 Å². The molecule has 1 N–H and O–H groups in total. The number of carbonyl (C=O) groups is 2. The van der Waals surface area contributed by atoms with Crippen LogP contribution in [0.1, 0.15) is 33.6 Å². The van der Waals surface area contributed by atoms with E-state index in [9.17, 15) is 9.59 Å². The van der Waals surface area contributed by atoms with Gasteiger partial charge in [-0.1, -0.05) is 6.58 Å². The van der Waals surface area contributed by atoms with Gasteiger partial charge < -0.3 is 15.0 Å². The molecular weight excluding hydrogens is 336 g/mol. The van der Waals surface area contributed by atoms with Crippen molar-refractivity contribution in [3.05, 3.63) is 36.9 Å². The first-order valence-electron chi connectivity index (χ1n) is 8.45. The molecule has 0 atom stereocenters. The average molecular weight is 362 g/mol. The normalized spacial score (nSPS) is 15.6. The highest BCUT2D eigenvalue weighted by Crippen LogP contribution is 2.31. The molecule has 1 heterocycles. The van der Waals surface area contributed by atoms with Gasteiger partial charge in [0.25, 0.3) is 0 Å². The van der Waals surface area contributed by atoms with Gasteiger partial charge in [-0.05, 0) is 64.0 Å². The molecule has 5 nitrogen and oxygen atoms in total. The highest BCUT2D eigenvalue weighted by molar-refractivity contribution is 8.00. The Hall–Kier alpha value is -1.95. The van der Waals surface area contributed by atoms with Crippen LogP contribution in [0.2, 0.25) is 0 Å². The van der Waals surface area contributed by atoms with Crippen LogP contribution < -0.4 is 5.32 Å². The fourth-order valence-corrected chi connectivity index (χ4v) is 3.61. The molecule has 0 saturated carbocycles. The number of amides is 2. The summed E-state index contributed by atoms with van der Waals surface area (Å²) in [7, 11) is 0. The second kappa shape index (κ2) is 8.43. The number of rotatable bonds is 4. The van der Waals surface area contributed by atoms with Crippen molar-refractivity contribution in [1.29, 1.82) is 0 Å². The van der Waals surface area contributed by atoms with E-state index in [4.69, 9.17) is 4.74 Å². The lowest BCUT2D eigenvalue weighted by Crippen LogP contribution is -2.42.